The van der Waals surface area contributed by atoms with E-state index in [1.165, 1.54) is 0 Å². The fraction of sp³-hybridized carbons (Fsp3) is 0.526. The molecule has 0 spiro atoms. The monoisotopic (exact) mass is 329 g/mol. The van der Waals surface area contributed by atoms with Crippen molar-refractivity contribution in [1.82, 2.24) is 5.32 Å². The minimum absolute atomic E-state index is 0.173. The van der Waals surface area contributed by atoms with Crippen molar-refractivity contribution in [3.8, 4) is 0 Å². The molecular formula is C19H28BNO3. The summed E-state index contributed by atoms with van der Waals surface area (Å²) in [6, 6.07) is 8.04. The number of nitrogens with one attached hydrogen (secondary N) is 1. The molecule has 0 unspecified atom stereocenters. The minimum Gasteiger partial charge on any atom is -0.400 e. The Bertz CT molecular complexity index is 604. The summed E-state index contributed by atoms with van der Waals surface area (Å²) in [6.07, 6.45) is 2.57. The average molecular weight is 329 g/mol. The highest BCUT2D eigenvalue weighted by Crippen LogP contribution is 2.38. The van der Waals surface area contributed by atoms with E-state index in [0.717, 1.165) is 16.6 Å². The molecule has 2 rings (SSSR count). The smallest absolute Gasteiger partial charge is 0.400 e. The molecule has 0 atom stereocenters. The van der Waals surface area contributed by atoms with Gasteiger partial charge >= 0.3 is 7.12 Å². The number of hydrogen-bond acceptors (Lipinski definition) is 4. The standard InChI is InChI=1S/C19H28BNO3/c1-14(22)11-15-7-9-16(10-8-15)12-17(13-21-6)20-23-18(2,3)19(4,5)24-20/h7-10,12,21H,11,13H2,1-6H3. The third kappa shape index (κ3) is 4.35. The van der Waals surface area contributed by atoms with Crippen LogP contribution in [0, 0.1) is 0 Å². The third-order valence-corrected chi connectivity index (χ3v) is 4.72. The van der Waals surface area contributed by atoms with E-state index in [1.807, 2.05) is 31.3 Å². The first kappa shape index (κ1) is 18.9. The van der Waals surface area contributed by atoms with Gasteiger partial charge in [0, 0.05) is 13.0 Å². The summed E-state index contributed by atoms with van der Waals surface area (Å²) in [5.41, 5.74) is 2.45. The molecule has 0 aromatic heterocycles. The Hall–Kier alpha value is -1.43. The van der Waals surface area contributed by atoms with Gasteiger partial charge in [-0.25, -0.2) is 0 Å². The second kappa shape index (κ2) is 7.22. The van der Waals surface area contributed by atoms with Gasteiger partial charge in [0.1, 0.15) is 5.78 Å². The van der Waals surface area contributed by atoms with E-state index >= 15 is 0 Å². The Balaban J connectivity index is 2.21. The molecule has 0 radical (unpaired) electrons. The van der Waals surface area contributed by atoms with Crippen LogP contribution in [-0.4, -0.2) is 37.7 Å². The largest absolute Gasteiger partial charge is 0.491 e. The predicted octanol–water partition coefficient (Wildman–Crippen LogP) is 3.05. The maximum Gasteiger partial charge on any atom is 0.491 e. The summed E-state index contributed by atoms with van der Waals surface area (Å²) in [4.78, 5) is 11.2. The maximum atomic E-state index is 11.2. The van der Waals surface area contributed by atoms with Crippen LogP contribution in [0.2, 0.25) is 0 Å². The van der Waals surface area contributed by atoms with Crippen molar-refractivity contribution in [2.24, 2.45) is 0 Å². The van der Waals surface area contributed by atoms with E-state index < -0.39 is 0 Å². The lowest BCUT2D eigenvalue weighted by atomic mass is 9.77. The zero-order valence-corrected chi connectivity index (χ0v) is 15.6. The Kier molecular flexibility index (Phi) is 5.69. The molecule has 1 aliphatic heterocycles. The van der Waals surface area contributed by atoms with Crippen molar-refractivity contribution in [3.05, 3.63) is 40.9 Å². The highest BCUT2D eigenvalue weighted by atomic mass is 16.7. The van der Waals surface area contributed by atoms with Gasteiger partial charge in [-0.3, -0.25) is 4.79 Å². The topological polar surface area (TPSA) is 47.6 Å². The highest BCUT2D eigenvalue weighted by Gasteiger charge is 2.52. The maximum absolute atomic E-state index is 11.2. The molecule has 1 fully saturated rings. The summed E-state index contributed by atoms with van der Waals surface area (Å²) in [6.45, 7) is 10.5. The van der Waals surface area contributed by atoms with Crippen LogP contribution in [0.4, 0.5) is 0 Å². The van der Waals surface area contributed by atoms with Gasteiger partial charge in [-0.2, -0.15) is 0 Å². The summed E-state index contributed by atoms with van der Waals surface area (Å²) in [5.74, 6) is 0.173. The van der Waals surface area contributed by atoms with Gasteiger partial charge in [-0.1, -0.05) is 30.3 Å². The lowest BCUT2D eigenvalue weighted by molar-refractivity contribution is -0.116. The summed E-state index contributed by atoms with van der Waals surface area (Å²) < 4.78 is 12.3. The number of ketones is 1. The fourth-order valence-corrected chi connectivity index (χ4v) is 2.63. The molecular weight excluding hydrogens is 301 g/mol. The zero-order valence-electron chi connectivity index (χ0n) is 15.6. The van der Waals surface area contributed by atoms with Gasteiger partial charge in [-0.05, 0) is 58.3 Å². The number of carbonyl (C=O) groups is 1. The number of likely N-dealkylation sites (N-methyl/N-ethyl adjacent to an activating group) is 1. The molecule has 0 amide bonds. The van der Waals surface area contributed by atoms with E-state index in [9.17, 15) is 4.79 Å². The molecule has 1 saturated heterocycles. The molecule has 5 heteroatoms. The average Bonchev–Trinajstić information content (AvgIpc) is 2.68. The lowest BCUT2D eigenvalue weighted by Crippen LogP contribution is -2.41. The first-order chi connectivity index (χ1) is 11.1. The van der Waals surface area contributed by atoms with Crippen molar-refractivity contribution in [1.29, 1.82) is 0 Å². The SMILES string of the molecule is CNCC(=Cc1ccc(CC(C)=O)cc1)B1OC(C)(C)C(C)(C)O1. The van der Waals surface area contributed by atoms with Gasteiger partial charge in [-0.15, -0.1) is 0 Å². The first-order valence-corrected chi connectivity index (χ1v) is 8.44. The summed E-state index contributed by atoms with van der Waals surface area (Å²) in [7, 11) is 1.55. The predicted molar refractivity (Wildman–Crippen MR) is 98.8 cm³/mol. The number of rotatable bonds is 6. The quantitative estimate of drug-likeness (QED) is 0.815. The number of benzene rings is 1. The van der Waals surface area contributed by atoms with Crippen molar-refractivity contribution in [3.63, 3.8) is 0 Å². The molecule has 1 aromatic carbocycles. The lowest BCUT2D eigenvalue weighted by Gasteiger charge is -2.32. The van der Waals surface area contributed by atoms with Gasteiger partial charge in [0.05, 0.1) is 11.2 Å². The number of Topliss-reactive ketones (excluding diaryl/α,β-unsaturated/α-hetero) is 1. The van der Waals surface area contributed by atoms with E-state index in [-0.39, 0.29) is 24.1 Å². The highest BCUT2D eigenvalue weighted by molar-refractivity contribution is 6.55. The van der Waals surface area contributed by atoms with Crippen LogP contribution >= 0.6 is 0 Å². The molecule has 0 bridgehead atoms. The van der Waals surface area contributed by atoms with Crippen molar-refractivity contribution in [2.75, 3.05) is 13.6 Å². The van der Waals surface area contributed by atoms with Crippen LogP contribution in [-0.2, 0) is 20.5 Å². The number of hydrogen-bond donors (Lipinski definition) is 1. The van der Waals surface area contributed by atoms with E-state index in [2.05, 4.69) is 39.1 Å². The zero-order chi connectivity index (χ0) is 18.0. The van der Waals surface area contributed by atoms with Crippen LogP contribution in [0.15, 0.2) is 29.7 Å². The Morgan fingerprint density at radius 3 is 2.12 bits per heavy atom. The molecule has 1 heterocycles. The summed E-state index contributed by atoms with van der Waals surface area (Å²) >= 11 is 0. The molecule has 4 nitrogen and oxygen atoms in total. The normalized spacial score (nSPS) is 19.6. The molecule has 1 N–H and O–H groups in total. The molecule has 1 aromatic rings. The van der Waals surface area contributed by atoms with E-state index in [4.69, 9.17) is 9.31 Å². The van der Waals surface area contributed by atoms with Gasteiger partial charge < -0.3 is 14.6 Å². The van der Waals surface area contributed by atoms with Gasteiger partial charge in [0.25, 0.3) is 0 Å². The second-order valence-corrected chi connectivity index (χ2v) is 7.46. The van der Waals surface area contributed by atoms with E-state index in [1.54, 1.807) is 6.92 Å². The molecule has 1 aliphatic rings. The first-order valence-electron chi connectivity index (χ1n) is 8.44. The Morgan fingerprint density at radius 2 is 1.67 bits per heavy atom. The molecule has 0 saturated carbocycles. The third-order valence-electron chi connectivity index (χ3n) is 4.72. The van der Waals surface area contributed by atoms with Crippen molar-refractivity contribution in [2.45, 2.75) is 52.2 Å². The minimum atomic E-state index is -0.362. The Morgan fingerprint density at radius 1 is 1.12 bits per heavy atom. The molecule has 24 heavy (non-hydrogen) atoms. The van der Waals surface area contributed by atoms with Gasteiger partial charge in [0.15, 0.2) is 0 Å². The van der Waals surface area contributed by atoms with Crippen LogP contribution in [0.25, 0.3) is 6.08 Å². The second-order valence-electron chi connectivity index (χ2n) is 7.46. The molecule has 0 aliphatic carbocycles. The van der Waals surface area contributed by atoms with Crippen LogP contribution in [0.3, 0.4) is 0 Å². The van der Waals surface area contributed by atoms with Crippen LogP contribution < -0.4 is 5.32 Å². The number of carbonyl (C=O) groups excluding carboxylic acids is 1. The van der Waals surface area contributed by atoms with Crippen LogP contribution in [0.1, 0.15) is 45.7 Å². The van der Waals surface area contributed by atoms with Crippen LogP contribution in [0.5, 0.6) is 0 Å². The van der Waals surface area contributed by atoms with Crippen molar-refractivity contribution < 1.29 is 14.1 Å². The molecule has 130 valence electrons. The summed E-state index contributed by atoms with van der Waals surface area (Å²) in [5, 5.41) is 3.18. The van der Waals surface area contributed by atoms with Crippen molar-refractivity contribution >= 4 is 19.0 Å². The van der Waals surface area contributed by atoms with E-state index in [0.29, 0.717) is 13.0 Å². The Labute approximate surface area is 145 Å². The van der Waals surface area contributed by atoms with Gasteiger partial charge in [0.2, 0.25) is 0 Å². The fourth-order valence-electron chi connectivity index (χ4n) is 2.63.